The van der Waals surface area contributed by atoms with Crippen LogP contribution in [-0.2, 0) is 6.54 Å². The molecule has 0 radical (unpaired) electrons. The molecule has 0 bridgehead atoms. The maximum absolute atomic E-state index is 9.86. The van der Waals surface area contributed by atoms with Gasteiger partial charge >= 0.3 is 0 Å². The number of nitrogens with zero attached hydrogens (tertiary/aromatic N) is 4. The van der Waals surface area contributed by atoms with E-state index in [0.29, 0.717) is 5.19 Å². The van der Waals surface area contributed by atoms with Crippen molar-refractivity contribution in [2.75, 3.05) is 33.8 Å². The summed E-state index contributed by atoms with van der Waals surface area (Å²) in [5.74, 6) is 2.58. The van der Waals surface area contributed by atoms with Gasteiger partial charge in [0.25, 0.3) is 5.19 Å². The number of hydrogen-bond acceptors (Lipinski definition) is 7. The van der Waals surface area contributed by atoms with Gasteiger partial charge in [0.15, 0.2) is 6.19 Å². The number of aliphatic hydroxyl groups excluding tert-OH is 1. The van der Waals surface area contributed by atoms with Crippen molar-refractivity contribution in [1.82, 2.24) is 20.5 Å². The number of ether oxygens (including phenoxy) is 1. The molecule has 0 aliphatic carbocycles. The number of terminal acetylenes is 1. The topological polar surface area (TPSA) is 106 Å². The molecule has 0 aliphatic rings. The summed E-state index contributed by atoms with van der Waals surface area (Å²) in [6.45, 7) is 1.15. The van der Waals surface area contributed by atoms with E-state index in [4.69, 9.17) is 16.4 Å². The third-order valence-corrected chi connectivity index (χ3v) is 3.29. The Morgan fingerprint density at radius 1 is 1.65 bits per heavy atom. The van der Waals surface area contributed by atoms with Crippen LogP contribution in [0.5, 0.6) is 5.19 Å². The lowest BCUT2D eigenvalue weighted by Gasteiger charge is -2.10. The maximum atomic E-state index is 9.86. The Morgan fingerprint density at radius 3 is 3.09 bits per heavy atom. The first-order chi connectivity index (χ1) is 11.0. The fourth-order valence-electron chi connectivity index (χ4n) is 1.49. The lowest BCUT2D eigenvalue weighted by atomic mass is 10.4. The summed E-state index contributed by atoms with van der Waals surface area (Å²) < 4.78 is 5.43. The van der Waals surface area contributed by atoms with Gasteiger partial charge in [0.1, 0.15) is 12.7 Å². The molecule has 1 heterocycles. The van der Waals surface area contributed by atoms with E-state index in [0.717, 1.165) is 11.4 Å². The molecule has 1 atom stereocenters. The lowest BCUT2D eigenvalue weighted by Crippen LogP contribution is -2.36. The first-order valence-corrected chi connectivity index (χ1v) is 7.64. The fourth-order valence-corrected chi connectivity index (χ4v) is 2.37. The molecular formula is C14H20N6O2S. The predicted molar refractivity (Wildman–Crippen MR) is 88.9 cm³/mol. The SMILES string of the molecule is C#CCNC(=NCC(O)COc1ncc(CN(C)C)s1)NC#N. The smallest absolute Gasteiger partial charge is 0.273 e. The van der Waals surface area contributed by atoms with Crippen molar-refractivity contribution in [1.29, 1.82) is 5.26 Å². The minimum atomic E-state index is -0.820. The van der Waals surface area contributed by atoms with E-state index in [1.807, 2.05) is 19.0 Å². The number of rotatable bonds is 8. The number of nitrogens with one attached hydrogen (secondary N) is 2. The van der Waals surface area contributed by atoms with Gasteiger partial charge in [0.05, 0.1) is 13.1 Å². The quantitative estimate of drug-likeness (QED) is 0.195. The summed E-state index contributed by atoms with van der Waals surface area (Å²) in [5, 5.41) is 24.0. The monoisotopic (exact) mass is 336 g/mol. The summed E-state index contributed by atoms with van der Waals surface area (Å²) >= 11 is 1.43. The van der Waals surface area contributed by atoms with Crippen molar-refractivity contribution in [3.63, 3.8) is 0 Å². The zero-order valence-corrected chi connectivity index (χ0v) is 13.9. The molecule has 0 aliphatic heterocycles. The molecule has 0 saturated carbocycles. The van der Waals surface area contributed by atoms with Gasteiger partial charge in [-0.05, 0) is 14.1 Å². The van der Waals surface area contributed by atoms with E-state index in [-0.39, 0.29) is 25.7 Å². The molecule has 0 saturated heterocycles. The number of aliphatic hydroxyl groups is 1. The highest BCUT2D eigenvalue weighted by Crippen LogP contribution is 2.21. The normalized spacial score (nSPS) is 12.3. The van der Waals surface area contributed by atoms with Crippen LogP contribution in [0.3, 0.4) is 0 Å². The van der Waals surface area contributed by atoms with Gasteiger partial charge in [0, 0.05) is 17.6 Å². The van der Waals surface area contributed by atoms with E-state index in [1.54, 1.807) is 12.4 Å². The van der Waals surface area contributed by atoms with E-state index in [1.165, 1.54) is 11.3 Å². The molecule has 0 aromatic carbocycles. The molecule has 0 fully saturated rings. The van der Waals surface area contributed by atoms with Crippen molar-refractivity contribution < 1.29 is 9.84 Å². The van der Waals surface area contributed by atoms with Crippen LogP contribution in [0.4, 0.5) is 0 Å². The highest BCUT2D eigenvalue weighted by Gasteiger charge is 2.09. The Bertz CT molecular complexity index is 587. The Hall–Kier alpha value is -2.33. The first kappa shape index (κ1) is 18.7. The van der Waals surface area contributed by atoms with E-state index >= 15 is 0 Å². The highest BCUT2D eigenvalue weighted by atomic mass is 32.1. The van der Waals surface area contributed by atoms with Crippen molar-refractivity contribution >= 4 is 17.3 Å². The van der Waals surface area contributed by atoms with E-state index < -0.39 is 6.10 Å². The molecule has 23 heavy (non-hydrogen) atoms. The molecule has 1 aromatic heterocycles. The minimum absolute atomic E-state index is 0.0629. The summed E-state index contributed by atoms with van der Waals surface area (Å²) in [7, 11) is 3.95. The number of thiazole rings is 1. The molecule has 1 unspecified atom stereocenters. The second-order valence-electron chi connectivity index (χ2n) is 4.78. The number of hydrogen-bond donors (Lipinski definition) is 3. The third kappa shape index (κ3) is 8.02. The Kier molecular flexibility index (Phi) is 8.47. The molecule has 3 N–H and O–H groups in total. The van der Waals surface area contributed by atoms with Crippen LogP contribution in [0, 0.1) is 23.8 Å². The Morgan fingerprint density at radius 2 is 2.43 bits per heavy atom. The van der Waals surface area contributed by atoms with E-state index in [9.17, 15) is 5.11 Å². The van der Waals surface area contributed by atoms with Crippen LogP contribution in [0.2, 0.25) is 0 Å². The van der Waals surface area contributed by atoms with Crippen molar-refractivity contribution in [3.05, 3.63) is 11.1 Å². The molecule has 0 amide bonds. The van der Waals surface area contributed by atoms with Crippen LogP contribution >= 0.6 is 11.3 Å². The molecular weight excluding hydrogens is 316 g/mol. The van der Waals surface area contributed by atoms with Gasteiger partial charge in [0.2, 0.25) is 5.96 Å². The standard InChI is InChI=1S/C14H20N6O2S/c1-4-5-16-13(19-10-15)17-6-11(21)9-22-14-18-7-12(23-14)8-20(2)3/h1,7,11,21H,5-6,8-9H2,2-3H3,(H2,16,17,19). The summed E-state index contributed by atoms with van der Waals surface area (Å²) in [5.41, 5.74) is 0. The largest absolute Gasteiger partial charge is 0.467 e. The van der Waals surface area contributed by atoms with Crippen LogP contribution in [0.15, 0.2) is 11.2 Å². The minimum Gasteiger partial charge on any atom is -0.467 e. The van der Waals surface area contributed by atoms with Crippen LogP contribution in [0.25, 0.3) is 0 Å². The maximum Gasteiger partial charge on any atom is 0.273 e. The first-order valence-electron chi connectivity index (χ1n) is 6.82. The molecule has 1 rings (SSSR count). The zero-order valence-electron chi connectivity index (χ0n) is 13.1. The van der Waals surface area contributed by atoms with Gasteiger partial charge in [-0.25, -0.2) is 9.98 Å². The molecule has 124 valence electrons. The third-order valence-electron chi connectivity index (χ3n) is 2.40. The zero-order chi connectivity index (χ0) is 17.1. The lowest BCUT2D eigenvalue weighted by molar-refractivity contribution is 0.114. The number of nitriles is 1. The van der Waals surface area contributed by atoms with Crippen molar-refractivity contribution in [2.24, 2.45) is 4.99 Å². The fraction of sp³-hybridized carbons (Fsp3) is 0.500. The van der Waals surface area contributed by atoms with E-state index in [2.05, 4.69) is 26.5 Å². The second-order valence-corrected chi connectivity index (χ2v) is 5.86. The van der Waals surface area contributed by atoms with Gasteiger partial charge in [-0.3, -0.25) is 5.32 Å². The summed E-state index contributed by atoms with van der Waals surface area (Å²) in [6, 6.07) is 0. The van der Waals surface area contributed by atoms with Crippen LogP contribution in [-0.4, -0.2) is 60.8 Å². The second kappa shape index (κ2) is 10.4. The predicted octanol–water partition coefficient (Wildman–Crippen LogP) is -0.406. The van der Waals surface area contributed by atoms with Crippen molar-refractivity contribution in [3.8, 4) is 23.7 Å². The molecule has 1 aromatic rings. The van der Waals surface area contributed by atoms with Gasteiger partial charge in [-0.1, -0.05) is 17.3 Å². The molecule has 0 spiro atoms. The van der Waals surface area contributed by atoms with Crippen LogP contribution in [0.1, 0.15) is 4.88 Å². The Balaban J connectivity index is 2.40. The average Bonchev–Trinajstić information content (AvgIpc) is 2.94. The average molecular weight is 336 g/mol. The summed E-state index contributed by atoms with van der Waals surface area (Å²) in [4.78, 5) is 11.3. The number of aliphatic imine (C=N–C) groups is 1. The number of guanidine groups is 1. The van der Waals surface area contributed by atoms with Gasteiger partial charge in [-0.15, -0.1) is 6.42 Å². The van der Waals surface area contributed by atoms with Crippen LogP contribution < -0.4 is 15.4 Å². The molecule has 8 nitrogen and oxygen atoms in total. The Labute approximate surface area is 139 Å². The van der Waals surface area contributed by atoms with Gasteiger partial charge in [-0.2, -0.15) is 5.26 Å². The summed E-state index contributed by atoms with van der Waals surface area (Å²) in [6.07, 6.45) is 7.79. The van der Waals surface area contributed by atoms with Crippen molar-refractivity contribution in [2.45, 2.75) is 12.6 Å². The number of aromatic nitrogens is 1. The van der Waals surface area contributed by atoms with Gasteiger partial charge < -0.3 is 20.1 Å². The highest BCUT2D eigenvalue weighted by molar-refractivity contribution is 7.13. The molecule has 9 heteroatoms.